The van der Waals surface area contributed by atoms with Crippen LogP contribution in [0.15, 0.2) is 29.3 Å². The highest BCUT2D eigenvalue weighted by Gasteiger charge is 2.07. The van der Waals surface area contributed by atoms with Crippen LogP contribution >= 0.6 is 0 Å². The van der Waals surface area contributed by atoms with Gasteiger partial charge in [0.25, 0.3) is 0 Å². The Balaban J connectivity index is 2.70. The van der Waals surface area contributed by atoms with Crippen molar-refractivity contribution in [1.29, 1.82) is 0 Å². The molecule has 3 N–H and O–H groups in total. The van der Waals surface area contributed by atoms with Crippen molar-refractivity contribution in [3.63, 3.8) is 0 Å². The number of nitrogens with two attached hydrogens (primary N) is 1. The van der Waals surface area contributed by atoms with Crippen LogP contribution in [0.3, 0.4) is 0 Å². The van der Waals surface area contributed by atoms with Crippen molar-refractivity contribution in [3.8, 4) is 0 Å². The molecule has 1 aromatic carbocycles. The zero-order chi connectivity index (χ0) is 12.2. The Morgan fingerprint density at radius 2 is 1.81 bits per heavy atom. The predicted octanol–water partition coefficient (Wildman–Crippen LogP) is 2.77. The van der Waals surface area contributed by atoms with Gasteiger partial charge in [0.2, 0.25) is 0 Å². The molecule has 0 fully saturated rings. The van der Waals surface area contributed by atoms with E-state index in [2.05, 4.69) is 29.4 Å². The van der Waals surface area contributed by atoms with Crippen LogP contribution in [0, 0.1) is 0 Å². The number of anilines is 1. The highest BCUT2D eigenvalue weighted by atomic mass is 15.1. The first kappa shape index (κ1) is 12.6. The summed E-state index contributed by atoms with van der Waals surface area (Å²) in [4.78, 5) is 4.33. The fourth-order valence-electron chi connectivity index (χ4n) is 1.36. The molecule has 0 aliphatic carbocycles. The summed E-state index contributed by atoms with van der Waals surface area (Å²) in [6, 6.07) is 8.22. The zero-order valence-electron chi connectivity index (χ0n) is 10.5. The lowest BCUT2D eigenvalue weighted by Gasteiger charge is -2.14. The van der Waals surface area contributed by atoms with Crippen molar-refractivity contribution in [2.24, 2.45) is 10.7 Å². The third-order valence-electron chi connectivity index (χ3n) is 2.09. The second-order valence-electron chi connectivity index (χ2n) is 4.84. The Kier molecular flexibility index (Phi) is 3.93. The number of hydrogen-bond donors (Lipinski definition) is 2. The van der Waals surface area contributed by atoms with Gasteiger partial charge in [0.05, 0.1) is 5.54 Å². The van der Waals surface area contributed by atoms with Crippen LogP contribution in [0.25, 0.3) is 0 Å². The Morgan fingerprint density at radius 3 is 2.25 bits per heavy atom. The lowest BCUT2D eigenvalue weighted by Crippen LogP contribution is -2.27. The van der Waals surface area contributed by atoms with E-state index in [4.69, 9.17) is 5.73 Å². The standard InChI is InChI=1S/C13H21N3/c1-5-10-6-8-11(9-7-10)15-12(14)16-13(2,3)4/h6-9H,5H2,1-4H3,(H3,14,15,16). The number of rotatable bonds is 2. The average molecular weight is 219 g/mol. The molecule has 3 heteroatoms. The van der Waals surface area contributed by atoms with Crippen molar-refractivity contribution in [2.45, 2.75) is 39.7 Å². The molecule has 0 aliphatic heterocycles. The second kappa shape index (κ2) is 5.01. The molecule has 88 valence electrons. The maximum absolute atomic E-state index is 5.80. The molecule has 0 saturated carbocycles. The number of aryl methyl sites for hydroxylation is 1. The molecule has 0 radical (unpaired) electrons. The van der Waals surface area contributed by atoms with E-state index in [1.807, 2.05) is 32.9 Å². The topological polar surface area (TPSA) is 50.4 Å². The van der Waals surface area contributed by atoms with Crippen LogP contribution in [0.1, 0.15) is 33.3 Å². The number of nitrogens with one attached hydrogen (secondary N) is 1. The van der Waals surface area contributed by atoms with E-state index in [-0.39, 0.29) is 5.54 Å². The minimum absolute atomic E-state index is 0.152. The van der Waals surface area contributed by atoms with Crippen molar-refractivity contribution in [3.05, 3.63) is 29.8 Å². The first-order valence-corrected chi connectivity index (χ1v) is 5.62. The first-order valence-electron chi connectivity index (χ1n) is 5.62. The van der Waals surface area contributed by atoms with Crippen LogP contribution in [-0.4, -0.2) is 11.5 Å². The molecule has 0 spiro atoms. The van der Waals surface area contributed by atoms with E-state index in [9.17, 15) is 0 Å². The normalized spacial score (nSPS) is 12.6. The van der Waals surface area contributed by atoms with Gasteiger partial charge in [-0.15, -0.1) is 0 Å². The molecule has 16 heavy (non-hydrogen) atoms. The zero-order valence-corrected chi connectivity index (χ0v) is 10.5. The number of hydrogen-bond acceptors (Lipinski definition) is 1. The highest BCUT2D eigenvalue weighted by Crippen LogP contribution is 2.11. The molecule has 0 atom stereocenters. The van der Waals surface area contributed by atoms with Crippen molar-refractivity contribution in [1.82, 2.24) is 0 Å². The van der Waals surface area contributed by atoms with Crippen LogP contribution in [-0.2, 0) is 6.42 Å². The molecule has 0 aliphatic rings. The van der Waals surface area contributed by atoms with Gasteiger partial charge >= 0.3 is 0 Å². The van der Waals surface area contributed by atoms with Crippen LogP contribution in [0.2, 0.25) is 0 Å². The quantitative estimate of drug-likeness (QED) is 0.593. The highest BCUT2D eigenvalue weighted by molar-refractivity contribution is 5.92. The van der Waals surface area contributed by atoms with Crippen molar-refractivity contribution < 1.29 is 0 Å². The summed E-state index contributed by atoms with van der Waals surface area (Å²) in [5.74, 6) is 0.455. The molecule has 0 saturated heterocycles. The van der Waals surface area contributed by atoms with Gasteiger partial charge in [-0.3, -0.25) is 0 Å². The van der Waals surface area contributed by atoms with E-state index in [0.29, 0.717) is 5.96 Å². The van der Waals surface area contributed by atoms with Crippen LogP contribution < -0.4 is 11.1 Å². The Morgan fingerprint density at radius 1 is 1.25 bits per heavy atom. The molecular weight excluding hydrogens is 198 g/mol. The van der Waals surface area contributed by atoms with Crippen LogP contribution in [0.4, 0.5) is 5.69 Å². The lowest BCUT2D eigenvalue weighted by molar-refractivity contribution is 0.583. The summed E-state index contributed by atoms with van der Waals surface area (Å²) >= 11 is 0. The number of benzene rings is 1. The molecule has 3 nitrogen and oxygen atoms in total. The van der Waals surface area contributed by atoms with Gasteiger partial charge in [-0.05, 0) is 44.9 Å². The van der Waals surface area contributed by atoms with Gasteiger partial charge in [-0.2, -0.15) is 0 Å². The molecule has 1 rings (SSSR count). The molecule has 0 unspecified atom stereocenters. The monoisotopic (exact) mass is 219 g/mol. The maximum atomic E-state index is 5.80. The fourth-order valence-corrected chi connectivity index (χ4v) is 1.36. The summed E-state index contributed by atoms with van der Waals surface area (Å²) in [7, 11) is 0. The molecule has 0 bridgehead atoms. The largest absolute Gasteiger partial charge is 0.370 e. The number of guanidine groups is 1. The molecule has 1 aromatic rings. The number of aliphatic imine (C=N–C) groups is 1. The van der Waals surface area contributed by atoms with Gasteiger partial charge in [-0.25, -0.2) is 4.99 Å². The SMILES string of the molecule is CCc1ccc(NC(N)=NC(C)(C)C)cc1. The minimum atomic E-state index is -0.152. The Hall–Kier alpha value is -1.51. The average Bonchev–Trinajstić information content (AvgIpc) is 2.16. The third kappa shape index (κ3) is 4.34. The molecular formula is C13H21N3. The summed E-state index contributed by atoms with van der Waals surface area (Å²) in [5.41, 5.74) is 7.94. The fraction of sp³-hybridized carbons (Fsp3) is 0.462. The van der Waals surface area contributed by atoms with Crippen molar-refractivity contribution >= 4 is 11.6 Å². The molecule has 0 aromatic heterocycles. The van der Waals surface area contributed by atoms with E-state index in [0.717, 1.165) is 12.1 Å². The predicted molar refractivity (Wildman–Crippen MR) is 70.8 cm³/mol. The number of nitrogens with zero attached hydrogens (tertiary/aromatic N) is 1. The van der Waals surface area contributed by atoms with Gasteiger partial charge in [0, 0.05) is 5.69 Å². The lowest BCUT2D eigenvalue weighted by atomic mass is 10.1. The first-order chi connectivity index (χ1) is 7.40. The third-order valence-corrected chi connectivity index (χ3v) is 2.09. The van der Waals surface area contributed by atoms with E-state index in [1.165, 1.54) is 5.56 Å². The summed E-state index contributed by atoms with van der Waals surface area (Å²) < 4.78 is 0. The molecule has 0 amide bonds. The second-order valence-corrected chi connectivity index (χ2v) is 4.84. The Labute approximate surface area is 97.8 Å². The van der Waals surface area contributed by atoms with Gasteiger partial charge in [0.15, 0.2) is 5.96 Å². The smallest absolute Gasteiger partial charge is 0.193 e. The van der Waals surface area contributed by atoms with Crippen molar-refractivity contribution in [2.75, 3.05) is 5.32 Å². The summed E-state index contributed by atoms with van der Waals surface area (Å²) in [6.45, 7) is 8.18. The Bertz CT molecular complexity index is 358. The summed E-state index contributed by atoms with van der Waals surface area (Å²) in [5, 5.41) is 3.08. The van der Waals surface area contributed by atoms with E-state index < -0.39 is 0 Å². The minimum Gasteiger partial charge on any atom is -0.370 e. The van der Waals surface area contributed by atoms with Crippen LogP contribution in [0.5, 0.6) is 0 Å². The van der Waals surface area contributed by atoms with E-state index >= 15 is 0 Å². The van der Waals surface area contributed by atoms with Gasteiger partial charge < -0.3 is 11.1 Å². The summed E-state index contributed by atoms with van der Waals surface area (Å²) in [6.07, 6.45) is 1.05. The molecule has 0 heterocycles. The van der Waals surface area contributed by atoms with E-state index in [1.54, 1.807) is 0 Å². The maximum Gasteiger partial charge on any atom is 0.193 e. The van der Waals surface area contributed by atoms with Gasteiger partial charge in [-0.1, -0.05) is 19.1 Å². The van der Waals surface area contributed by atoms with Gasteiger partial charge in [0.1, 0.15) is 0 Å².